The normalized spacial score (nSPS) is 17.6. The van der Waals surface area contributed by atoms with Crippen LogP contribution in [-0.2, 0) is 5.60 Å². The molecule has 20 heavy (non-hydrogen) atoms. The minimum Gasteiger partial charge on any atom is -0.490 e. The molecule has 1 aliphatic carbocycles. The van der Waals surface area contributed by atoms with E-state index in [-0.39, 0.29) is 0 Å². The van der Waals surface area contributed by atoms with Gasteiger partial charge in [-0.1, -0.05) is 24.3 Å². The van der Waals surface area contributed by atoms with Gasteiger partial charge in [0, 0.05) is 3.57 Å². The van der Waals surface area contributed by atoms with Crippen molar-refractivity contribution in [2.45, 2.75) is 31.5 Å². The Balaban J connectivity index is 1.90. The fourth-order valence-electron chi connectivity index (χ4n) is 2.19. The molecule has 2 aromatic carbocycles. The van der Waals surface area contributed by atoms with E-state index in [4.69, 9.17) is 4.74 Å². The van der Waals surface area contributed by atoms with Crippen LogP contribution in [0.25, 0.3) is 0 Å². The first kappa shape index (κ1) is 13.9. The van der Waals surface area contributed by atoms with E-state index in [0.29, 0.717) is 6.10 Å². The van der Waals surface area contributed by atoms with Crippen LogP contribution in [0.4, 0.5) is 0 Å². The second-order valence-electron chi connectivity index (χ2n) is 5.42. The molecule has 1 N–H and O–H groups in total. The van der Waals surface area contributed by atoms with E-state index in [1.807, 2.05) is 55.5 Å². The number of ether oxygens (including phenoxy) is 1. The Bertz CT molecular complexity index is 601. The van der Waals surface area contributed by atoms with Crippen molar-refractivity contribution in [2.75, 3.05) is 0 Å². The number of hydrogen-bond acceptors (Lipinski definition) is 2. The number of halogens is 1. The van der Waals surface area contributed by atoms with E-state index in [0.717, 1.165) is 33.3 Å². The molecule has 0 aliphatic heterocycles. The topological polar surface area (TPSA) is 29.5 Å². The average molecular weight is 380 g/mol. The monoisotopic (exact) mass is 380 g/mol. The fourth-order valence-corrected chi connectivity index (χ4v) is 2.55. The molecule has 0 saturated heterocycles. The van der Waals surface area contributed by atoms with Gasteiger partial charge in [-0.05, 0) is 77.7 Å². The first-order valence-corrected chi connectivity index (χ1v) is 7.89. The highest BCUT2D eigenvalue weighted by atomic mass is 127. The minimum absolute atomic E-state index is 0.369. The van der Waals surface area contributed by atoms with Gasteiger partial charge in [0.15, 0.2) is 0 Å². The molecule has 1 unspecified atom stereocenters. The lowest BCUT2D eigenvalue weighted by Gasteiger charge is -2.25. The van der Waals surface area contributed by atoms with Crippen molar-refractivity contribution < 1.29 is 9.84 Å². The second-order valence-corrected chi connectivity index (χ2v) is 6.67. The molecule has 0 bridgehead atoms. The molecule has 104 valence electrons. The highest BCUT2D eigenvalue weighted by Gasteiger charge is 2.27. The third-order valence-corrected chi connectivity index (χ3v) is 4.35. The number of rotatable bonds is 4. The summed E-state index contributed by atoms with van der Waals surface area (Å²) >= 11 is 2.26. The molecule has 0 heterocycles. The van der Waals surface area contributed by atoms with E-state index < -0.39 is 5.60 Å². The molecule has 0 radical (unpaired) electrons. The Morgan fingerprint density at radius 1 is 1.10 bits per heavy atom. The average Bonchev–Trinajstić information content (AvgIpc) is 3.23. The van der Waals surface area contributed by atoms with Gasteiger partial charge < -0.3 is 9.84 Å². The van der Waals surface area contributed by atoms with E-state index >= 15 is 0 Å². The number of benzene rings is 2. The van der Waals surface area contributed by atoms with Crippen LogP contribution < -0.4 is 4.74 Å². The Kier molecular flexibility index (Phi) is 3.73. The Labute approximate surface area is 132 Å². The van der Waals surface area contributed by atoms with Gasteiger partial charge in [0.05, 0.1) is 6.10 Å². The van der Waals surface area contributed by atoms with Gasteiger partial charge in [0.1, 0.15) is 11.4 Å². The van der Waals surface area contributed by atoms with Crippen LogP contribution in [-0.4, -0.2) is 11.2 Å². The maximum absolute atomic E-state index is 10.9. The van der Waals surface area contributed by atoms with E-state index in [1.165, 1.54) is 0 Å². The summed E-state index contributed by atoms with van der Waals surface area (Å²) in [6.07, 6.45) is 2.64. The van der Waals surface area contributed by atoms with Crippen molar-refractivity contribution in [1.29, 1.82) is 0 Å². The van der Waals surface area contributed by atoms with Gasteiger partial charge in [-0.2, -0.15) is 0 Å². The Morgan fingerprint density at radius 2 is 1.80 bits per heavy atom. The van der Waals surface area contributed by atoms with Crippen LogP contribution in [0.1, 0.15) is 30.9 Å². The minimum atomic E-state index is -1.01. The highest BCUT2D eigenvalue weighted by molar-refractivity contribution is 14.1. The third-order valence-electron chi connectivity index (χ3n) is 3.63. The summed E-state index contributed by atoms with van der Waals surface area (Å²) in [5.41, 5.74) is 0.742. The largest absolute Gasteiger partial charge is 0.490 e. The predicted molar refractivity (Wildman–Crippen MR) is 87.9 cm³/mol. The lowest BCUT2D eigenvalue weighted by Crippen LogP contribution is -2.22. The zero-order valence-electron chi connectivity index (χ0n) is 11.3. The maximum Gasteiger partial charge on any atom is 0.120 e. The van der Waals surface area contributed by atoms with Crippen LogP contribution in [0.5, 0.6) is 5.75 Å². The Morgan fingerprint density at radius 3 is 2.45 bits per heavy atom. The number of aliphatic hydroxyl groups is 1. The summed E-state index contributed by atoms with van der Waals surface area (Å²) in [6, 6.07) is 15.7. The van der Waals surface area contributed by atoms with E-state index in [2.05, 4.69) is 22.6 Å². The summed E-state index contributed by atoms with van der Waals surface area (Å²) in [5, 5.41) is 10.9. The van der Waals surface area contributed by atoms with Crippen molar-refractivity contribution in [1.82, 2.24) is 0 Å². The van der Waals surface area contributed by atoms with E-state index in [1.54, 1.807) is 0 Å². The molecular weight excluding hydrogens is 363 g/mol. The Hall–Kier alpha value is -1.07. The van der Waals surface area contributed by atoms with Crippen LogP contribution in [0.3, 0.4) is 0 Å². The molecular formula is C17H17IO2. The second kappa shape index (κ2) is 5.37. The third kappa shape index (κ3) is 2.99. The van der Waals surface area contributed by atoms with Crippen molar-refractivity contribution in [2.24, 2.45) is 0 Å². The standard InChI is InChI=1S/C17H17IO2/c1-17(19,12-5-7-14(18)8-6-12)13-3-2-4-16(11-13)20-15-9-10-15/h2-8,11,15,19H,9-10H2,1H3. The van der Waals surface area contributed by atoms with Crippen LogP contribution in [0, 0.1) is 3.57 Å². The fraction of sp³-hybridized carbons (Fsp3) is 0.294. The molecule has 2 nitrogen and oxygen atoms in total. The summed E-state index contributed by atoms with van der Waals surface area (Å²) in [5.74, 6) is 0.843. The zero-order chi connectivity index (χ0) is 14.2. The van der Waals surface area contributed by atoms with Gasteiger partial charge in [0.2, 0.25) is 0 Å². The summed E-state index contributed by atoms with van der Waals surface area (Å²) in [6.45, 7) is 1.82. The van der Waals surface area contributed by atoms with E-state index in [9.17, 15) is 5.11 Å². The smallest absolute Gasteiger partial charge is 0.120 e. The molecule has 1 saturated carbocycles. The summed E-state index contributed by atoms with van der Waals surface area (Å²) in [7, 11) is 0. The summed E-state index contributed by atoms with van der Waals surface area (Å²) < 4.78 is 6.96. The van der Waals surface area contributed by atoms with Crippen molar-refractivity contribution >= 4 is 22.6 Å². The lowest BCUT2D eigenvalue weighted by molar-refractivity contribution is 0.102. The molecule has 0 aromatic heterocycles. The lowest BCUT2D eigenvalue weighted by atomic mass is 9.88. The quantitative estimate of drug-likeness (QED) is 0.810. The van der Waals surface area contributed by atoms with Gasteiger partial charge >= 0.3 is 0 Å². The van der Waals surface area contributed by atoms with Gasteiger partial charge in [-0.25, -0.2) is 0 Å². The molecule has 0 amide bonds. The van der Waals surface area contributed by atoms with Crippen molar-refractivity contribution in [3.05, 3.63) is 63.2 Å². The molecule has 1 fully saturated rings. The molecule has 1 aliphatic rings. The molecule has 1 atom stereocenters. The zero-order valence-corrected chi connectivity index (χ0v) is 13.5. The number of hydrogen-bond donors (Lipinski definition) is 1. The maximum atomic E-state index is 10.9. The van der Waals surface area contributed by atoms with Gasteiger partial charge in [-0.3, -0.25) is 0 Å². The highest BCUT2D eigenvalue weighted by Crippen LogP contribution is 2.33. The predicted octanol–water partition coefficient (Wildman–Crippen LogP) is 4.09. The first-order valence-electron chi connectivity index (χ1n) is 6.81. The van der Waals surface area contributed by atoms with Crippen molar-refractivity contribution in [3.8, 4) is 5.75 Å². The van der Waals surface area contributed by atoms with Crippen LogP contribution in [0.15, 0.2) is 48.5 Å². The molecule has 3 heteroatoms. The van der Waals surface area contributed by atoms with Crippen LogP contribution >= 0.6 is 22.6 Å². The van der Waals surface area contributed by atoms with Crippen molar-refractivity contribution in [3.63, 3.8) is 0 Å². The van der Waals surface area contributed by atoms with Gasteiger partial charge in [0.25, 0.3) is 0 Å². The SMILES string of the molecule is CC(O)(c1ccc(I)cc1)c1cccc(OC2CC2)c1. The molecule has 3 rings (SSSR count). The first-order chi connectivity index (χ1) is 9.55. The van der Waals surface area contributed by atoms with Crippen LogP contribution in [0.2, 0.25) is 0 Å². The molecule has 0 spiro atoms. The molecule has 2 aromatic rings. The van der Waals surface area contributed by atoms with Gasteiger partial charge in [-0.15, -0.1) is 0 Å². The summed E-state index contributed by atoms with van der Waals surface area (Å²) in [4.78, 5) is 0.